The largest absolute Gasteiger partial charge is 0.457 e. The van der Waals surface area contributed by atoms with Crippen molar-refractivity contribution in [2.75, 3.05) is 35.6 Å². The van der Waals surface area contributed by atoms with E-state index >= 15 is 0 Å². The summed E-state index contributed by atoms with van der Waals surface area (Å²) in [6.45, 7) is 0.607. The van der Waals surface area contributed by atoms with Crippen LogP contribution in [-0.4, -0.2) is 47.0 Å². The van der Waals surface area contributed by atoms with E-state index in [9.17, 15) is 13.6 Å². The molecule has 1 spiro atoms. The minimum atomic E-state index is -2.66. The van der Waals surface area contributed by atoms with E-state index in [2.05, 4.69) is 48.4 Å². The third-order valence-electron chi connectivity index (χ3n) is 6.34. The normalized spacial score (nSPS) is 17.1. The fourth-order valence-corrected chi connectivity index (χ4v) is 4.22. The molecule has 6 bridgehead atoms. The third-order valence-corrected chi connectivity index (χ3v) is 6.34. The number of ether oxygens (including phenoxy) is 1. The van der Waals surface area contributed by atoms with Crippen molar-refractivity contribution in [3.8, 4) is 6.01 Å². The summed E-state index contributed by atoms with van der Waals surface area (Å²) in [5.41, 5.74) is 2.91. The molecule has 37 heavy (non-hydrogen) atoms. The van der Waals surface area contributed by atoms with E-state index in [1.54, 1.807) is 24.3 Å². The van der Waals surface area contributed by atoms with Crippen LogP contribution in [0.3, 0.4) is 0 Å². The highest BCUT2D eigenvalue weighted by Gasteiger charge is 2.45. The molecule has 4 N–H and O–H groups in total. The van der Waals surface area contributed by atoms with Crippen LogP contribution < -0.4 is 26.0 Å². The lowest BCUT2D eigenvalue weighted by atomic mass is 10.0. The number of carbonyl (C=O) groups excluding carboxylic acids is 1. The number of fused-ring (bicyclic) bond motifs is 9. The standard InChI is InChI=1S/C26H29F2N7O2/c27-21(28)16-37-25-33-23-31-19-9-7-17(8-10-19)22(36)30-14-3-1-2-13-29-20-6-4-5-18(15-20)26(11-12-26)35-24(32-23)34-25/h4-10,15,21,29H,1-3,11-14,16H2,(H,30,36)(H2,31,32,33,34,35). The number of nitrogens with one attached hydrogen (secondary N) is 4. The second-order valence-corrected chi connectivity index (χ2v) is 9.20. The predicted molar refractivity (Wildman–Crippen MR) is 137 cm³/mol. The second kappa shape index (κ2) is 10.9. The highest BCUT2D eigenvalue weighted by Crippen LogP contribution is 2.48. The Labute approximate surface area is 213 Å². The van der Waals surface area contributed by atoms with Gasteiger partial charge in [0.1, 0.15) is 0 Å². The number of aromatic nitrogens is 3. The maximum absolute atomic E-state index is 12.8. The summed E-state index contributed by atoms with van der Waals surface area (Å²) >= 11 is 0. The van der Waals surface area contributed by atoms with Crippen LogP contribution in [-0.2, 0) is 5.54 Å². The Balaban J connectivity index is 1.45. The fourth-order valence-electron chi connectivity index (χ4n) is 4.22. The lowest BCUT2D eigenvalue weighted by molar-refractivity contribution is 0.0770. The van der Waals surface area contributed by atoms with Crippen LogP contribution in [0.2, 0.25) is 0 Å². The number of rotatable bonds is 3. The molecule has 3 heterocycles. The molecule has 0 atom stereocenters. The van der Waals surface area contributed by atoms with Gasteiger partial charge in [-0.05, 0) is 74.1 Å². The summed E-state index contributed by atoms with van der Waals surface area (Å²) in [7, 11) is 0. The van der Waals surface area contributed by atoms with Crippen molar-refractivity contribution >= 4 is 29.2 Å². The lowest BCUT2D eigenvalue weighted by Crippen LogP contribution is -2.24. The van der Waals surface area contributed by atoms with Crippen molar-refractivity contribution in [1.29, 1.82) is 0 Å². The minimum absolute atomic E-state index is 0.135. The average Bonchev–Trinajstić information content (AvgIpc) is 3.67. The van der Waals surface area contributed by atoms with Gasteiger partial charge in [0, 0.05) is 30.0 Å². The van der Waals surface area contributed by atoms with E-state index in [0.717, 1.165) is 49.9 Å². The number of amides is 1. The first-order valence-electron chi connectivity index (χ1n) is 12.4. The minimum Gasteiger partial charge on any atom is -0.457 e. The first kappa shape index (κ1) is 24.7. The first-order chi connectivity index (χ1) is 18.0. The summed E-state index contributed by atoms with van der Waals surface area (Å²) in [5.74, 6) is 0.215. The van der Waals surface area contributed by atoms with E-state index in [-0.39, 0.29) is 29.4 Å². The average molecular weight is 510 g/mol. The highest BCUT2D eigenvalue weighted by atomic mass is 19.3. The van der Waals surface area contributed by atoms with E-state index in [4.69, 9.17) is 4.74 Å². The van der Waals surface area contributed by atoms with Crippen LogP contribution in [0, 0.1) is 0 Å². The number of alkyl halides is 2. The molecule has 2 aromatic carbocycles. The van der Waals surface area contributed by atoms with Crippen molar-refractivity contribution in [3.63, 3.8) is 0 Å². The molecule has 9 nitrogen and oxygen atoms in total. The molecule has 1 aliphatic carbocycles. The monoisotopic (exact) mass is 509 g/mol. The number of hydrogen-bond acceptors (Lipinski definition) is 8. The van der Waals surface area contributed by atoms with Crippen LogP contribution in [0.25, 0.3) is 0 Å². The summed E-state index contributed by atoms with van der Waals surface area (Å²) in [6.07, 6.45) is 1.97. The molecule has 1 amide bonds. The van der Waals surface area contributed by atoms with Gasteiger partial charge >= 0.3 is 6.01 Å². The van der Waals surface area contributed by atoms with Crippen LogP contribution in [0.4, 0.5) is 32.1 Å². The van der Waals surface area contributed by atoms with Crippen molar-refractivity contribution in [2.45, 2.75) is 44.1 Å². The van der Waals surface area contributed by atoms with Crippen LogP contribution in [0.15, 0.2) is 48.5 Å². The van der Waals surface area contributed by atoms with Gasteiger partial charge in [-0.2, -0.15) is 15.0 Å². The Hall–Kier alpha value is -4.02. The summed E-state index contributed by atoms with van der Waals surface area (Å²) in [6, 6.07) is 14.8. The van der Waals surface area contributed by atoms with Gasteiger partial charge in [-0.1, -0.05) is 12.1 Å². The topological polar surface area (TPSA) is 113 Å². The number of anilines is 4. The van der Waals surface area contributed by atoms with Crippen molar-refractivity contribution in [2.24, 2.45) is 0 Å². The lowest BCUT2D eigenvalue weighted by Gasteiger charge is -2.20. The Bertz CT molecular complexity index is 1240. The summed E-state index contributed by atoms with van der Waals surface area (Å²) < 4.78 is 30.7. The molecule has 1 aromatic heterocycles. The quantitative estimate of drug-likeness (QED) is 0.402. The van der Waals surface area contributed by atoms with Crippen molar-refractivity contribution in [1.82, 2.24) is 20.3 Å². The van der Waals surface area contributed by atoms with E-state index in [1.165, 1.54) is 0 Å². The number of carbonyl (C=O) groups is 1. The van der Waals surface area contributed by atoms with E-state index in [0.29, 0.717) is 17.8 Å². The Morgan fingerprint density at radius 1 is 0.892 bits per heavy atom. The van der Waals surface area contributed by atoms with Gasteiger partial charge in [0.2, 0.25) is 11.9 Å². The highest BCUT2D eigenvalue weighted by molar-refractivity contribution is 5.94. The Morgan fingerprint density at radius 3 is 2.41 bits per heavy atom. The zero-order chi connectivity index (χ0) is 25.7. The maximum atomic E-state index is 12.8. The number of nitrogens with zero attached hydrogens (tertiary/aromatic N) is 3. The van der Waals surface area contributed by atoms with Crippen LogP contribution in [0.1, 0.15) is 48.0 Å². The van der Waals surface area contributed by atoms with Gasteiger partial charge in [-0.3, -0.25) is 4.79 Å². The van der Waals surface area contributed by atoms with Crippen molar-refractivity contribution in [3.05, 3.63) is 59.7 Å². The molecule has 3 aromatic rings. The Kier molecular flexibility index (Phi) is 7.29. The molecule has 6 rings (SSSR count). The molecular formula is C26H29F2N7O2. The Morgan fingerprint density at radius 2 is 1.65 bits per heavy atom. The number of hydrogen-bond donors (Lipinski definition) is 4. The molecule has 1 fully saturated rings. The van der Waals surface area contributed by atoms with Gasteiger partial charge in [0.05, 0.1) is 5.54 Å². The molecule has 2 aliphatic heterocycles. The molecule has 1 saturated carbocycles. The van der Waals surface area contributed by atoms with Crippen LogP contribution in [0.5, 0.6) is 6.01 Å². The zero-order valence-corrected chi connectivity index (χ0v) is 20.3. The van der Waals surface area contributed by atoms with Gasteiger partial charge < -0.3 is 26.0 Å². The molecule has 194 valence electrons. The van der Waals surface area contributed by atoms with E-state index < -0.39 is 13.0 Å². The SMILES string of the molecule is O=C1NCCCCCNc2cccc(c2)C2(CC2)Nc2nc(nc(OCC(F)F)n2)Nc2ccc1cc2. The number of halogens is 2. The molecule has 0 unspecified atom stereocenters. The van der Waals surface area contributed by atoms with Crippen molar-refractivity contribution < 1.29 is 18.3 Å². The summed E-state index contributed by atoms with van der Waals surface area (Å²) in [5, 5.41) is 12.9. The summed E-state index contributed by atoms with van der Waals surface area (Å²) in [4.78, 5) is 25.3. The zero-order valence-electron chi connectivity index (χ0n) is 20.3. The van der Waals surface area contributed by atoms with Gasteiger partial charge in [0.15, 0.2) is 6.61 Å². The maximum Gasteiger partial charge on any atom is 0.323 e. The number of benzene rings is 2. The predicted octanol–water partition coefficient (Wildman–Crippen LogP) is 4.69. The van der Waals surface area contributed by atoms with Gasteiger partial charge in [0.25, 0.3) is 12.3 Å². The van der Waals surface area contributed by atoms with Crippen LogP contribution >= 0.6 is 0 Å². The molecular weight excluding hydrogens is 480 g/mol. The molecule has 11 heteroatoms. The van der Waals surface area contributed by atoms with E-state index in [1.807, 2.05) is 12.1 Å². The molecule has 0 radical (unpaired) electrons. The smallest absolute Gasteiger partial charge is 0.323 e. The molecule has 3 aliphatic rings. The molecule has 0 saturated heterocycles. The third kappa shape index (κ3) is 6.41. The second-order valence-electron chi connectivity index (χ2n) is 9.20. The van der Waals surface area contributed by atoms with Gasteiger partial charge in [-0.25, -0.2) is 8.78 Å². The van der Waals surface area contributed by atoms with Gasteiger partial charge in [-0.15, -0.1) is 0 Å². The fraction of sp³-hybridized carbons (Fsp3) is 0.385. The first-order valence-corrected chi connectivity index (χ1v) is 12.4.